The number of nitrogens with one attached hydrogen (secondary N) is 1. The third-order valence-corrected chi connectivity index (χ3v) is 7.33. The summed E-state index contributed by atoms with van der Waals surface area (Å²) in [5.74, 6) is 2.00. The molecule has 1 fully saturated rings. The zero-order chi connectivity index (χ0) is 24.4. The van der Waals surface area contributed by atoms with Gasteiger partial charge in [-0.25, -0.2) is 4.99 Å². The highest BCUT2D eigenvalue weighted by molar-refractivity contribution is 5.99. The second-order valence-electron chi connectivity index (χ2n) is 9.81. The molecule has 2 aromatic heterocycles. The second-order valence-corrected chi connectivity index (χ2v) is 9.81. The maximum absolute atomic E-state index is 5.24. The van der Waals surface area contributed by atoms with Gasteiger partial charge in [-0.15, -0.1) is 0 Å². The van der Waals surface area contributed by atoms with Crippen molar-refractivity contribution in [3.05, 3.63) is 71.4 Å². The maximum atomic E-state index is 5.24. The molecule has 5 heteroatoms. The molecule has 1 saturated carbocycles. The summed E-state index contributed by atoms with van der Waals surface area (Å²) in [7, 11) is 1.99. The van der Waals surface area contributed by atoms with E-state index in [1.54, 1.807) is 0 Å². The van der Waals surface area contributed by atoms with Gasteiger partial charge < -0.3 is 9.88 Å². The van der Waals surface area contributed by atoms with Crippen LogP contribution < -0.4 is 5.32 Å². The fourth-order valence-electron chi connectivity index (χ4n) is 5.32. The highest BCUT2D eigenvalue weighted by Gasteiger charge is 2.25. The molecule has 2 aliphatic rings. The predicted molar refractivity (Wildman–Crippen MR) is 147 cm³/mol. The zero-order valence-corrected chi connectivity index (χ0v) is 21.5. The number of allylic oxidation sites excluding steroid dienone is 4. The van der Waals surface area contributed by atoms with Gasteiger partial charge in [-0.1, -0.05) is 57.4 Å². The molecule has 5 nitrogen and oxygen atoms in total. The fourth-order valence-corrected chi connectivity index (χ4v) is 5.32. The number of aromatic nitrogens is 3. The first-order valence-corrected chi connectivity index (χ1v) is 13.2. The van der Waals surface area contributed by atoms with Crippen molar-refractivity contribution < 1.29 is 0 Å². The molecule has 0 unspecified atom stereocenters. The molecule has 0 amide bonds. The molecule has 3 aromatic rings. The standard InChI is InChI=1S/C30H37N5/c1-5-22-15-16-27(26(19-22)24-11-10-12-24)31-21(3)32-30-23(6-2)20-29(28-17-18-34(4)33-28)35(30)25-13-8-7-9-14-25/h10-12,15-20,25H,5-9,13-14H2,1-4H3,(H,31,32). The Kier molecular flexibility index (Phi) is 6.76. The van der Waals surface area contributed by atoms with Gasteiger partial charge in [-0.3, -0.25) is 4.68 Å². The molecule has 0 atom stereocenters. The van der Waals surface area contributed by atoms with Crippen molar-refractivity contribution in [2.75, 3.05) is 5.32 Å². The van der Waals surface area contributed by atoms with E-state index in [1.807, 2.05) is 17.9 Å². The van der Waals surface area contributed by atoms with Crippen molar-refractivity contribution in [3.8, 4) is 11.4 Å². The van der Waals surface area contributed by atoms with Crippen molar-refractivity contribution in [1.29, 1.82) is 0 Å². The van der Waals surface area contributed by atoms with Crippen LogP contribution in [0.3, 0.4) is 0 Å². The number of benzene rings is 1. The Labute approximate surface area is 209 Å². The summed E-state index contributed by atoms with van der Waals surface area (Å²) in [6.45, 7) is 6.51. The van der Waals surface area contributed by atoms with E-state index >= 15 is 0 Å². The highest BCUT2D eigenvalue weighted by Crippen LogP contribution is 2.40. The molecule has 0 spiro atoms. The number of aryl methyl sites for hydroxylation is 3. The minimum absolute atomic E-state index is 0.470. The van der Waals surface area contributed by atoms with E-state index in [2.05, 4.69) is 79.2 Å². The molecule has 1 aromatic carbocycles. The summed E-state index contributed by atoms with van der Waals surface area (Å²) in [4.78, 5) is 5.24. The number of rotatable bonds is 7. The molecule has 0 bridgehead atoms. The summed E-state index contributed by atoms with van der Waals surface area (Å²) in [5.41, 5.74) is 8.48. The van der Waals surface area contributed by atoms with Gasteiger partial charge in [0, 0.05) is 30.5 Å². The van der Waals surface area contributed by atoms with E-state index in [0.29, 0.717) is 6.04 Å². The number of anilines is 1. The van der Waals surface area contributed by atoms with Crippen LogP contribution in [0, 0.1) is 0 Å². The van der Waals surface area contributed by atoms with Crippen LogP contribution in [0.2, 0.25) is 0 Å². The Morgan fingerprint density at radius 1 is 1.09 bits per heavy atom. The molecule has 182 valence electrons. The van der Waals surface area contributed by atoms with Crippen molar-refractivity contribution >= 4 is 22.9 Å². The van der Waals surface area contributed by atoms with Crippen LogP contribution in [0.1, 0.15) is 75.6 Å². The molecule has 2 aliphatic carbocycles. The molecule has 0 aliphatic heterocycles. The van der Waals surface area contributed by atoms with E-state index in [4.69, 9.17) is 10.1 Å². The van der Waals surface area contributed by atoms with Gasteiger partial charge >= 0.3 is 0 Å². The first kappa shape index (κ1) is 23.4. The van der Waals surface area contributed by atoms with Gasteiger partial charge in [0.05, 0.1) is 5.69 Å². The molecule has 1 N–H and O–H groups in total. The Morgan fingerprint density at radius 2 is 1.89 bits per heavy atom. The van der Waals surface area contributed by atoms with Crippen LogP contribution >= 0.6 is 0 Å². The lowest BCUT2D eigenvalue weighted by atomic mass is 9.95. The molecule has 2 heterocycles. The van der Waals surface area contributed by atoms with Crippen molar-refractivity contribution in [3.63, 3.8) is 0 Å². The Morgan fingerprint density at radius 3 is 2.51 bits per heavy atom. The Hall–Kier alpha value is -3.34. The SMILES string of the molecule is CCc1ccc(N/C(C)=N/c2c(CC)cc(-c3ccn(C)n3)n2C2CCCCC2)c(C2=CC=C2)c1. The highest BCUT2D eigenvalue weighted by atomic mass is 15.3. The molecular formula is C30H37N5. The number of aliphatic imine (C=N–C) groups is 1. The van der Waals surface area contributed by atoms with Gasteiger partial charge in [-0.05, 0) is 73.6 Å². The lowest BCUT2D eigenvalue weighted by Gasteiger charge is -2.26. The van der Waals surface area contributed by atoms with Crippen molar-refractivity contribution in [2.24, 2.45) is 12.0 Å². The number of hydrogen-bond acceptors (Lipinski definition) is 2. The largest absolute Gasteiger partial charge is 0.343 e. The van der Waals surface area contributed by atoms with Crippen LogP contribution in [0.4, 0.5) is 11.5 Å². The number of nitrogens with zero attached hydrogens (tertiary/aromatic N) is 4. The average Bonchev–Trinajstić information content (AvgIpc) is 3.42. The van der Waals surface area contributed by atoms with Crippen LogP contribution in [0.5, 0.6) is 0 Å². The van der Waals surface area contributed by atoms with Gasteiger partial charge in [-0.2, -0.15) is 5.10 Å². The minimum atomic E-state index is 0.470. The molecular weight excluding hydrogens is 430 g/mol. The lowest BCUT2D eigenvalue weighted by Crippen LogP contribution is -2.15. The first-order valence-electron chi connectivity index (χ1n) is 13.2. The molecule has 5 rings (SSSR count). The normalized spacial score (nSPS) is 16.3. The van der Waals surface area contributed by atoms with Crippen LogP contribution in [-0.4, -0.2) is 20.2 Å². The summed E-state index contributed by atoms with van der Waals surface area (Å²) in [6.07, 6.45) is 16.8. The summed E-state index contributed by atoms with van der Waals surface area (Å²) in [5, 5.41) is 8.39. The number of hydrogen-bond donors (Lipinski definition) is 1. The smallest absolute Gasteiger partial charge is 0.138 e. The fraction of sp³-hybridized carbons (Fsp3) is 0.400. The Balaban J connectivity index is 1.55. The zero-order valence-electron chi connectivity index (χ0n) is 21.5. The lowest BCUT2D eigenvalue weighted by molar-refractivity contribution is 0.358. The van der Waals surface area contributed by atoms with E-state index < -0.39 is 0 Å². The molecule has 35 heavy (non-hydrogen) atoms. The summed E-state index contributed by atoms with van der Waals surface area (Å²) < 4.78 is 4.38. The van der Waals surface area contributed by atoms with Gasteiger partial charge in [0.25, 0.3) is 0 Å². The van der Waals surface area contributed by atoms with E-state index in [0.717, 1.165) is 35.9 Å². The predicted octanol–water partition coefficient (Wildman–Crippen LogP) is 7.63. The van der Waals surface area contributed by atoms with Gasteiger partial charge in [0.15, 0.2) is 0 Å². The number of amidine groups is 1. The van der Waals surface area contributed by atoms with E-state index in [-0.39, 0.29) is 0 Å². The van der Waals surface area contributed by atoms with Crippen molar-refractivity contribution in [2.45, 2.75) is 71.8 Å². The monoisotopic (exact) mass is 467 g/mol. The second kappa shape index (κ2) is 10.1. The average molecular weight is 468 g/mol. The van der Waals surface area contributed by atoms with E-state index in [1.165, 1.54) is 60.1 Å². The van der Waals surface area contributed by atoms with Gasteiger partial charge in [0.1, 0.15) is 17.3 Å². The van der Waals surface area contributed by atoms with Gasteiger partial charge in [0.2, 0.25) is 0 Å². The summed E-state index contributed by atoms with van der Waals surface area (Å²) in [6, 6.07) is 11.6. The van der Waals surface area contributed by atoms with E-state index in [9.17, 15) is 0 Å². The third-order valence-electron chi connectivity index (χ3n) is 7.33. The molecule has 0 radical (unpaired) electrons. The first-order chi connectivity index (χ1) is 17.1. The van der Waals surface area contributed by atoms with Crippen molar-refractivity contribution in [1.82, 2.24) is 14.3 Å². The third kappa shape index (κ3) is 4.77. The van der Waals surface area contributed by atoms with Crippen LogP contribution in [0.15, 0.2) is 59.7 Å². The van der Waals surface area contributed by atoms with Crippen LogP contribution in [0.25, 0.3) is 17.0 Å². The van der Waals surface area contributed by atoms with Crippen LogP contribution in [-0.2, 0) is 19.9 Å². The topological polar surface area (TPSA) is 47.1 Å². The maximum Gasteiger partial charge on any atom is 0.138 e. The minimum Gasteiger partial charge on any atom is -0.343 e. The quantitative estimate of drug-likeness (QED) is 0.287. The Bertz CT molecular complexity index is 1290. The molecule has 0 saturated heterocycles. The summed E-state index contributed by atoms with van der Waals surface area (Å²) >= 11 is 0.